The van der Waals surface area contributed by atoms with Gasteiger partial charge in [-0.2, -0.15) is 0 Å². The van der Waals surface area contributed by atoms with Crippen LogP contribution in [0.4, 0.5) is 5.69 Å². The molecule has 0 aliphatic carbocycles. The highest BCUT2D eigenvalue weighted by atomic mass is 32.2. The van der Waals surface area contributed by atoms with Gasteiger partial charge in [0.2, 0.25) is 5.96 Å². The molecule has 1 aliphatic rings. The second-order valence-corrected chi connectivity index (χ2v) is 6.40. The van der Waals surface area contributed by atoms with Gasteiger partial charge in [-0.25, -0.2) is 18.1 Å². The Morgan fingerprint density at radius 2 is 1.95 bits per heavy atom. The van der Waals surface area contributed by atoms with Gasteiger partial charge >= 0.3 is 0 Å². The molecule has 0 atom stereocenters. The van der Waals surface area contributed by atoms with Gasteiger partial charge in [-0.15, -0.1) is 0 Å². The van der Waals surface area contributed by atoms with Gasteiger partial charge in [0, 0.05) is 12.4 Å². The number of guanidine groups is 1. The van der Waals surface area contributed by atoms with Crippen LogP contribution in [0.25, 0.3) is 0 Å². The molecule has 0 unspecified atom stereocenters. The molecule has 0 saturated heterocycles. The molecular formula is C14H14N4O2S. The van der Waals surface area contributed by atoms with Crippen molar-refractivity contribution in [2.45, 2.75) is 18.4 Å². The number of aromatic nitrogens is 1. The lowest BCUT2D eigenvalue weighted by Crippen LogP contribution is -2.40. The Labute approximate surface area is 123 Å². The van der Waals surface area contributed by atoms with Crippen LogP contribution in [-0.2, 0) is 16.6 Å². The lowest BCUT2D eigenvalue weighted by Gasteiger charge is -2.21. The van der Waals surface area contributed by atoms with E-state index in [4.69, 9.17) is 0 Å². The highest BCUT2D eigenvalue weighted by Crippen LogP contribution is 2.25. The third-order valence-corrected chi connectivity index (χ3v) is 4.46. The quantitative estimate of drug-likeness (QED) is 0.883. The number of sulfonamides is 1. The Hall–Kier alpha value is -2.41. The molecule has 0 spiro atoms. The topological polar surface area (TPSA) is 83.5 Å². The molecule has 1 aromatic heterocycles. The molecule has 1 aromatic carbocycles. The summed E-state index contributed by atoms with van der Waals surface area (Å²) < 4.78 is 26.9. The number of pyridine rings is 1. The van der Waals surface area contributed by atoms with Crippen LogP contribution < -0.4 is 10.0 Å². The summed E-state index contributed by atoms with van der Waals surface area (Å²) in [5, 5.41) is 2.99. The lowest BCUT2D eigenvalue weighted by molar-refractivity contribution is 0.591. The molecule has 2 heterocycles. The van der Waals surface area contributed by atoms with Gasteiger partial charge in [0.05, 0.1) is 12.2 Å². The van der Waals surface area contributed by atoms with Crippen LogP contribution in [0.5, 0.6) is 0 Å². The van der Waals surface area contributed by atoms with Crippen molar-refractivity contribution in [3.05, 3.63) is 53.9 Å². The standard InChI is InChI=1S/C14H14N4O2S/c1-10-2-3-12-13(8-10)21(19,20)18-14(17-12)16-9-11-4-6-15-7-5-11/h2-8H,9H2,1H3,(H2,16,17,18). The normalized spacial score (nSPS) is 17.7. The van der Waals surface area contributed by atoms with E-state index in [0.717, 1.165) is 11.1 Å². The van der Waals surface area contributed by atoms with E-state index in [1.807, 2.05) is 25.1 Å². The van der Waals surface area contributed by atoms with Crippen LogP contribution in [0, 0.1) is 6.92 Å². The number of fused-ring (bicyclic) bond motifs is 1. The van der Waals surface area contributed by atoms with Crippen LogP contribution in [0.3, 0.4) is 0 Å². The first-order valence-electron chi connectivity index (χ1n) is 6.38. The number of aliphatic imine (C=N–C) groups is 1. The lowest BCUT2D eigenvalue weighted by atomic mass is 10.2. The fraction of sp³-hybridized carbons (Fsp3) is 0.143. The molecule has 0 saturated carbocycles. The minimum atomic E-state index is -3.57. The van der Waals surface area contributed by atoms with Crippen LogP contribution in [0.2, 0.25) is 0 Å². The minimum absolute atomic E-state index is 0.225. The van der Waals surface area contributed by atoms with E-state index in [1.165, 1.54) is 0 Å². The third kappa shape index (κ3) is 2.87. The highest BCUT2D eigenvalue weighted by molar-refractivity contribution is 7.90. The van der Waals surface area contributed by atoms with Gasteiger partial charge in [0.1, 0.15) is 4.90 Å². The second-order valence-electron chi connectivity index (χ2n) is 4.75. The van der Waals surface area contributed by atoms with E-state index in [-0.39, 0.29) is 10.9 Å². The summed E-state index contributed by atoms with van der Waals surface area (Å²) in [6.45, 7) is 2.22. The zero-order valence-electron chi connectivity index (χ0n) is 11.4. The number of aryl methyl sites for hydroxylation is 1. The first-order valence-corrected chi connectivity index (χ1v) is 7.87. The maximum Gasteiger partial charge on any atom is 0.266 e. The van der Waals surface area contributed by atoms with Crippen LogP contribution >= 0.6 is 0 Å². The molecule has 21 heavy (non-hydrogen) atoms. The maximum atomic E-state index is 12.2. The van der Waals surface area contributed by atoms with E-state index in [2.05, 4.69) is 20.0 Å². The van der Waals surface area contributed by atoms with Gasteiger partial charge in [-0.3, -0.25) is 4.98 Å². The summed E-state index contributed by atoms with van der Waals surface area (Å²) in [5.41, 5.74) is 2.37. The van der Waals surface area contributed by atoms with Gasteiger partial charge < -0.3 is 5.32 Å². The largest absolute Gasteiger partial charge is 0.324 e. The zero-order chi connectivity index (χ0) is 14.9. The van der Waals surface area contributed by atoms with Gasteiger partial charge in [-0.1, -0.05) is 6.07 Å². The van der Waals surface area contributed by atoms with Crippen LogP contribution in [0.15, 0.2) is 52.6 Å². The van der Waals surface area contributed by atoms with Crippen molar-refractivity contribution in [1.82, 2.24) is 9.71 Å². The van der Waals surface area contributed by atoms with Crippen molar-refractivity contribution >= 4 is 21.7 Å². The van der Waals surface area contributed by atoms with Crippen molar-refractivity contribution in [2.24, 2.45) is 4.99 Å². The Morgan fingerprint density at radius 3 is 2.71 bits per heavy atom. The summed E-state index contributed by atoms with van der Waals surface area (Å²) in [6.07, 6.45) is 3.35. The number of rotatable bonds is 2. The number of nitrogens with zero attached hydrogens (tertiary/aromatic N) is 2. The van der Waals surface area contributed by atoms with E-state index in [1.54, 1.807) is 24.5 Å². The average Bonchev–Trinajstić information content (AvgIpc) is 2.47. The number of anilines is 1. The van der Waals surface area contributed by atoms with Crippen molar-refractivity contribution < 1.29 is 8.42 Å². The number of hydrogen-bond acceptors (Lipinski definition) is 4. The minimum Gasteiger partial charge on any atom is -0.324 e. The molecule has 0 amide bonds. The molecule has 108 valence electrons. The van der Waals surface area contributed by atoms with E-state index in [9.17, 15) is 8.42 Å². The summed E-state index contributed by atoms with van der Waals surface area (Å²) in [7, 11) is -3.57. The van der Waals surface area contributed by atoms with Crippen molar-refractivity contribution in [3.63, 3.8) is 0 Å². The zero-order valence-corrected chi connectivity index (χ0v) is 12.2. The predicted octanol–water partition coefficient (Wildman–Crippen LogP) is 1.65. The van der Waals surface area contributed by atoms with Crippen LogP contribution in [0.1, 0.15) is 11.1 Å². The number of hydrogen-bond donors (Lipinski definition) is 2. The second kappa shape index (κ2) is 5.17. The van der Waals surface area contributed by atoms with Crippen molar-refractivity contribution in [3.8, 4) is 0 Å². The van der Waals surface area contributed by atoms with E-state index in [0.29, 0.717) is 12.2 Å². The maximum absolute atomic E-state index is 12.2. The smallest absolute Gasteiger partial charge is 0.266 e. The molecule has 6 nitrogen and oxygen atoms in total. The van der Waals surface area contributed by atoms with Gasteiger partial charge in [-0.05, 0) is 42.3 Å². The Bertz CT molecular complexity index is 801. The molecule has 3 rings (SSSR count). The average molecular weight is 302 g/mol. The number of benzene rings is 1. The third-order valence-electron chi connectivity index (χ3n) is 3.08. The molecule has 2 N–H and O–H groups in total. The fourth-order valence-electron chi connectivity index (χ4n) is 2.02. The van der Waals surface area contributed by atoms with E-state index < -0.39 is 10.0 Å². The summed E-state index contributed by atoms with van der Waals surface area (Å²) in [4.78, 5) is 8.42. The molecular weight excluding hydrogens is 288 g/mol. The summed E-state index contributed by atoms with van der Waals surface area (Å²) in [5.74, 6) is 0.225. The molecule has 2 aromatic rings. The SMILES string of the molecule is Cc1ccc2c(c1)S(=O)(=O)NC(=NCc1ccncc1)N2. The first-order chi connectivity index (χ1) is 10.0. The summed E-state index contributed by atoms with van der Waals surface area (Å²) >= 11 is 0. The van der Waals surface area contributed by atoms with Gasteiger partial charge in [0.15, 0.2) is 0 Å². The monoisotopic (exact) mass is 302 g/mol. The molecule has 7 heteroatoms. The Balaban J connectivity index is 1.90. The first kappa shape index (κ1) is 13.6. The number of nitrogens with one attached hydrogen (secondary N) is 2. The molecule has 0 fully saturated rings. The predicted molar refractivity (Wildman–Crippen MR) is 80.5 cm³/mol. The molecule has 0 bridgehead atoms. The molecule has 1 aliphatic heterocycles. The fourth-order valence-corrected chi connectivity index (χ4v) is 3.25. The molecule has 0 radical (unpaired) electrons. The summed E-state index contributed by atoms with van der Waals surface area (Å²) in [6, 6.07) is 8.89. The Kier molecular flexibility index (Phi) is 3.34. The van der Waals surface area contributed by atoms with Gasteiger partial charge in [0.25, 0.3) is 10.0 Å². The Morgan fingerprint density at radius 1 is 1.19 bits per heavy atom. The van der Waals surface area contributed by atoms with Crippen molar-refractivity contribution in [2.75, 3.05) is 5.32 Å². The highest BCUT2D eigenvalue weighted by Gasteiger charge is 2.26. The van der Waals surface area contributed by atoms with Crippen molar-refractivity contribution in [1.29, 1.82) is 0 Å². The van der Waals surface area contributed by atoms with E-state index >= 15 is 0 Å². The van der Waals surface area contributed by atoms with Crippen LogP contribution in [-0.4, -0.2) is 19.4 Å².